The van der Waals surface area contributed by atoms with Crippen LogP contribution in [0.2, 0.25) is 0 Å². The third kappa shape index (κ3) is 4.77. The molecule has 1 fully saturated rings. The van der Waals surface area contributed by atoms with Gasteiger partial charge in [0, 0.05) is 43.5 Å². The summed E-state index contributed by atoms with van der Waals surface area (Å²) < 4.78 is 37.7. The van der Waals surface area contributed by atoms with Crippen LogP contribution in [0.1, 0.15) is 58.9 Å². The number of carbonyl (C=O) groups excluding carboxylic acids is 1. The van der Waals surface area contributed by atoms with Crippen molar-refractivity contribution in [1.29, 1.82) is 0 Å². The molecule has 0 amide bonds. The van der Waals surface area contributed by atoms with Crippen LogP contribution in [0, 0.1) is 18.6 Å². The molecule has 0 saturated carbocycles. The average Bonchev–Trinajstić information content (AvgIpc) is 3.29. The zero-order valence-corrected chi connectivity index (χ0v) is 23.3. The van der Waals surface area contributed by atoms with E-state index in [0.717, 1.165) is 42.6 Å². The highest BCUT2D eigenvalue weighted by molar-refractivity contribution is 5.89. The largest absolute Gasteiger partial charge is 0.465 e. The van der Waals surface area contributed by atoms with Gasteiger partial charge in [-0.3, -0.25) is 14.3 Å². The van der Waals surface area contributed by atoms with Crippen molar-refractivity contribution in [3.8, 4) is 5.69 Å². The minimum atomic E-state index is -0.546. The second-order valence-electron chi connectivity index (χ2n) is 10.4. The van der Waals surface area contributed by atoms with E-state index in [1.54, 1.807) is 25.4 Å². The van der Waals surface area contributed by atoms with Crippen molar-refractivity contribution in [2.24, 2.45) is 7.05 Å². The summed E-state index contributed by atoms with van der Waals surface area (Å²) in [4.78, 5) is 31.6. The number of pyridine rings is 2. The molecule has 1 saturated heterocycles. The minimum Gasteiger partial charge on any atom is -0.465 e. The molecule has 0 bridgehead atoms. The smallest absolute Gasteiger partial charge is 0.337 e. The van der Waals surface area contributed by atoms with E-state index in [9.17, 15) is 14.0 Å². The quantitative estimate of drug-likeness (QED) is 0.338. The van der Waals surface area contributed by atoms with Gasteiger partial charge >= 0.3 is 5.97 Å². The van der Waals surface area contributed by atoms with Gasteiger partial charge in [0.1, 0.15) is 11.5 Å². The lowest BCUT2D eigenvalue weighted by Gasteiger charge is -2.37. The first kappa shape index (κ1) is 27.5. The van der Waals surface area contributed by atoms with E-state index in [2.05, 4.69) is 22.1 Å². The minimum absolute atomic E-state index is 0.0285. The molecule has 1 unspecified atom stereocenters. The monoisotopic (exact) mass is 549 g/mol. The molecular weight excluding hydrogens is 516 g/mol. The zero-order chi connectivity index (χ0) is 28.7. The number of nitrogens with zero attached hydrogens (tertiary/aromatic N) is 4. The van der Waals surface area contributed by atoms with Gasteiger partial charge in [0.15, 0.2) is 5.82 Å². The summed E-state index contributed by atoms with van der Waals surface area (Å²) in [5.41, 5.74) is 3.72. The molecule has 1 aromatic carbocycles. The maximum Gasteiger partial charge on any atom is 0.337 e. The number of likely N-dealkylation sites (tertiary alicyclic amines) is 1. The fourth-order valence-electron chi connectivity index (χ4n) is 5.99. The van der Waals surface area contributed by atoms with Crippen LogP contribution in [-0.4, -0.2) is 52.2 Å². The number of rotatable bonds is 6. The number of esters is 1. The molecule has 4 heterocycles. The molecule has 8 nitrogen and oxygen atoms in total. The van der Waals surface area contributed by atoms with Crippen molar-refractivity contribution < 1.29 is 18.3 Å². The summed E-state index contributed by atoms with van der Waals surface area (Å²) in [5.74, 6) is -1.38. The summed E-state index contributed by atoms with van der Waals surface area (Å²) in [6, 6.07) is 7.96. The number of aryl methyl sites for hydroxylation is 2. The van der Waals surface area contributed by atoms with Crippen molar-refractivity contribution in [3.05, 3.63) is 87.1 Å². The number of ether oxygens (including phenoxy) is 1. The van der Waals surface area contributed by atoms with E-state index >= 15 is 4.39 Å². The highest BCUT2D eigenvalue weighted by atomic mass is 19.1. The summed E-state index contributed by atoms with van der Waals surface area (Å²) >= 11 is 0. The molecule has 1 aliphatic rings. The van der Waals surface area contributed by atoms with E-state index in [1.165, 1.54) is 30.0 Å². The normalized spacial score (nSPS) is 15.4. The number of carbonyl (C=O) groups is 1. The fraction of sp³-hybridized carbons (Fsp3) is 0.367. The Morgan fingerprint density at radius 3 is 2.52 bits per heavy atom. The van der Waals surface area contributed by atoms with E-state index in [1.807, 2.05) is 24.6 Å². The molecule has 1 N–H and O–H groups in total. The van der Waals surface area contributed by atoms with Gasteiger partial charge in [0.25, 0.3) is 5.56 Å². The molecule has 210 valence electrons. The highest BCUT2D eigenvalue weighted by Crippen LogP contribution is 2.37. The number of methoxy groups -OCH3 is 1. The van der Waals surface area contributed by atoms with Gasteiger partial charge in [-0.15, -0.1) is 0 Å². The Kier molecular flexibility index (Phi) is 7.46. The summed E-state index contributed by atoms with van der Waals surface area (Å²) in [5, 5.41) is 3.45. The van der Waals surface area contributed by atoms with Gasteiger partial charge in [-0.25, -0.2) is 18.6 Å². The Hall–Kier alpha value is -4.05. The standard InChI is InChI=1S/C30H33F2N5O3/c1-17-12-20(30(39)40-5)13-22(31)28(17)19-7-10-36(11-8-19)18(2)26-14-21-25(6-9-34-29(21)35(26)4)37-16-23(32)24(33-3)15-27(37)38/h6,9,12-16,18-19,33H,7-8,10-11H2,1-5H3. The van der Waals surface area contributed by atoms with Gasteiger partial charge in [0.2, 0.25) is 0 Å². The second-order valence-corrected chi connectivity index (χ2v) is 10.4. The number of fused-ring (bicyclic) bond motifs is 1. The number of piperidine rings is 1. The third-order valence-electron chi connectivity index (χ3n) is 8.15. The molecule has 1 atom stereocenters. The summed E-state index contributed by atoms with van der Waals surface area (Å²) in [6.45, 7) is 5.49. The Morgan fingerprint density at radius 2 is 1.88 bits per heavy atom. The lowest BCUT2D eigenvalue weighted by molar-refractivity contribution is 0.0600. The molecule has 5 rings (SSSR count). The zero-order valence-electron chi connectivity index (χ0n) is 23.3. The van der Waals surface area contributed by atoms with Crippen LogP contribution in [-0.2, 0) is 11.8 Å². The van der Waals surface area contributed by atoms with Crippen molar-refractivity contribution >= 4 is 22.7 Å². The number of hydrogen-bond donors (Lipinski definition) is 1. The summed E-state index contributed by atoms with van der Waals surface area (Å²) in [6.07, 6.45) is 4.37. The number of aromatic nitrogens is 3. The Bertz CT molecular complexity index is 1630. The van der Waals surface area contributed by atoms with Gasteiger partial charge in [-0.2, -0.15) is 0 Å². The number of benzene rings is 1. The third-order valence-corrected chi connectivity index (χ3v) is 8.15. The van der Waals surface area contributed by atoms with Crippen LogP contribution in [0.3, 0.4) is 0 Å². The molecule has 0 radical (unpaired) electrons. The Labute approximate surface area is 231 Å². The molecule has 3 aromatic heterocycles. The van der Waals surface area contributed by atoms with E-state index in [0.29, 0.717) is 16.9 Å². The van der Waals surface area contributed by atoms with Crippen LogP contribution < -0.4 is 10.9 Å². The predicted molar refractivity (Wildman–Crippen MR) is 150 cm³/mol. The predicted octanol–water partition coefficient (Wildman–Crippen LogP) is 5.08. The topological polar surface area (TPSA) is 81.4 Å². The maximum atomic E-state index is 15.1. The van der Waals surface area contributed by atoms with Gasteiger partial charge in [0.05, 0.1) is 30.2 Å². The Morgan fingerprint density at radius 1 is 1.15 bits per heavy atom. The maximum absolute atomic E-state index is 15.1. The number of anilines is 1. The first-order chi connectivity index (χ1) is 19.1. The molecule has 0 aliphatic carbocycles. The van der Waals surface area contributed by atoms with E-state index in [4.69, 9.17) is 4.74 Å². The van der Waals surface area contributed by atoms with E-state index < -0.39 is 11.8 Å². The molecule has 0 spiro atoms. The second kappa shape index (κ2) is 10.8. The van der Waals surface area contributed by atoms with Crippen LogP contribution in [0.5, 0.6) is 0 Å². The number of halogens is 2. The van der Waals surface area contributed by atoms with Crippen molar-refractivity contribution in [1.82, 2.24) is 19.0 Å². The number of hydrogen-bond acceptors (Lipinski definition) is 6. The van der Waals surface area contributed by atoms with Crippen LogP contribution in [0.25, 0.3) is 16.7 Å². The molecule has 1 aliphatic heterocycles. The van der Waals surface area contributed by atoms with Crippen LogP contribution in [0.4, 0.5) is 14.5 Å². The van der Waals surface area contributed by atoms with Crippen molar-refractivity contribution in [3.63, 3.8) is 0 Å². The average molecular weight is 550 g/mol. The van der Waals surface area contributed by atoms with Gasteiger partial charge in [-0.05, 0) is 81.1 Å². The van der Waals surface area contributed by atoms with Gasteiger partial charge in [-0.1, -0.05) is 0 Å². The van der Waals surface area contributed by atoms with Crippen molar-refractivity contribution in [2.75, 3.05) is 32.6 Å². The molecular formula is C30H33F2N5O3. The van der Waals surface area contributed by atoms with Crippen molar-refractivity contribution in [2.45, 2.75) is 38.6 Å². The molecule has 10 heteroatoms. The fourth-order valence-corrected chi connectivity index (χ4v) is 5.99. The Balaban J connectivity index is 1.40. The summed E-state index contributed by atoms with van der Waals surface area (Å²) in [7, 11) is 4.79. The molecule has 4 aromatic rings. The first-order valence-electron chi connectivity index (χ1n) is 13.3. The SMILES string of the molecule is CNc1cc(=O)n(-c2ccnc3c2cc(C(C)N2CCC(c4c(C)cc(C(=O)OC)cc4F)CC2)n3C)cc1F. The number of nitrogens with one attached hydrogen (secondary N) is 1. The lowest BCUT2D eigenvalue weighted by Crippen LogP contribution is -2.36. The lowest BCUT2D eigenvalue weighted by atomic mass is 9.85. The van der Waals surface area contributed by atoms with E-state index in [-0.39, 0.29) is 34.6 Å². The first-order valence-corrected chi connectivity index (χ1v) is 13.3. The molecule has 40 heavy (non-hydrogen) atoms. The highest BCUT2D eigenvalue weighted by Gasteiger charge is 2.29. The van der Waals surface area contributed by atoms with Gasteiger partial charge < -0.3 is 14.6 Å². The van der Waals surface area contributed by atoms with Crippen LogP contribution in [0.15, 0.2) is 47.5 Å². The van der Waals surface area contributed by atoms with Crippen LogP contribution >= 0.6 is 0 Å².